The molecule has 118 valence electrons. The number of nitrogens with zero attached hydrogens (tertiary/aromatic N) is 1. The molecule has 0 amide bonds. The predicted octanol–water partition coefficient (Wildman–Crippen LogP) is 2.94. The van der Waals surface area contributed by atoms with Crippen molar-refractivity contribution in [3.8, 4) is 0 Å². The van der Waals surface area contributed by atoms with Crippen molar-refractivity contribution in [2.45, 2.75) is 32.9 Å². The fourth-order valence-electron chi connectivity index (χ4n) is 3.23. The van der Waals surface area contributed by atoms with Crippen molar-refractivity contribution in [3.05, 3.63) is 35.9 Å². The molecule has 1 fully saturated rings. The van der Waals surface area contributed by atoms with Gasteiger partial charge in [-0.05, 0) is 17.4 Å². The van der Waals surface area contributed by atoms with Gasteiger partial charge in [0.15, 0.2) is 0 Å². The first-order chi connectivity index (χ1) is 10.1. The van der Waals surface area contributed by atoms with Gasteiger partial charge in [-0.2, -0.15) is 0 Å². The van der Waals surface area contributed by atoms with E-state index >= 15 is 0 Å². The smallest absolute Gasteiger partial charge is 0.0500 e. The minimum Gasteiger partial charge on any atom is -0.384 e. The van der Waals surface area contributed by atoms with E-state index in [1.807, 2.05) is 0 Å². The quantitative estimate of drug-likeness (QED) is 0.872. The average Bonchev–Trinajstić information content (AvgIpc) is 2.48. The van der Waals surface area contributed by atoms with E-state index < -0.39 is 0 Å². The molecule has 3 unspecified atom stereocenters. The molecule has 2 rings (SSSR count). The van der Waals surface area contributed by atoms with E-state index in [1.165, 1.54) is 5.56 Å². The second-order valence-corrected chi connectivity index (χ2v) is 6.70. The molecule has 1 N–H and O–H groups in total. The van der Waals surface area contributed by atoms with Crippen molar-refractivity contribution in [2.24, 2.45) is 11.8 Å². The van der Waals surface area contributed by atoms with E-state index in [-0.39, 0.29) is 0 Å². The first-order valence-corrected chi connectivity index (χ1v) is 8.13. The molecule has 1 aliphatic heterocycles. The molecule has 1 aromatic carbocycles. The number of benzene rings is 1. The van der Waals surface area contributed by atoms with Crippen LogP contribution in [0.1, 0.15) is 32.4 Å². The van der Waals surface area contributed by atoms with Gasteiger partial charge in [-0.15, -0.1) is 0 Å². The van der Waals surface area contributed by atoms with Crippen molar-refractivity contribution in [1.29, 1.82) is 0 Å². The van der Waals surface area contributed by atoms with Crippen LogP contribution in [-0.2, 0) is 4.74 Å². The molecule has 0 saturated carbocycles. The fourth-order valence-corrected chi connectivity index (χ4v) is 3.23. The Hall–Kier alpha value is -0.900. The lowest BCUT2D eigenvalue weighted by atomic mass is 9.95. The minimum atomic E-state index is 0.473. The SMILES string of the molecule is COCC(C)CN1CC(C(C)C)NCC1c1ccccc1. The van der Waals surface area contributed by atoms with Crippen LogP contribution in [0.3, 0.4) is 0 Å². The Balaban J connectivity index is 2.10. The molecular weight excluding hydrogens is 260 g/mol. The summed E-state index contributed by atoms with van der Waals surface area (Å²) in [5.74, 6) is 1.23. The summed E-state index contributed by atoms with van der Waals surface area (Å²) in [6.45, 7) is 11.0. The summed E-state index contributed by atoms with van der Waals surface area (Å²) in [5.41, 5.74) is 1.41. The monoisotopic (exact) mass is 290 g/mol. The number of hydrogen-bond donors (Lipinski definition) is 1. The summed E-state index contributed by atoms with van der Waals surface area (Å²) in [4.78, 5) is 2.64. The van der Waals surface area contributed by atoms with Crippen LogP contribution < -0.4 is 5.32 Å². The van der Waals surface area contributed by atoms with Crippen LogP contribution >= 0.6 is 0 Å². The van der Waals surface area contributed by atoms with Crippen LogP contribution in [-0.4, -0.2) is 44.3 Å². The number of rotatable bonds is 6. The molecule has 3 nitrogen and oxygen atoms in total. The third kappa shape index (κ3) is 4.53. The molecule has 0 spiro atoms. The maximum Gasteiger partial charge on any atom is 0.0500 e. The third-order valence-electron chi connectivity index (χ3n) is 4.43. The van der Waals surface area contributed by atoms with E-state index in [1.54, 1.807) is 7.11 Å². The third-order valence-corrected chi connectivity index (χ3v) is 4.43. The highest BCUT2D eigenvalue weighted by molar-refractivity contribution is 5.20. The van der Waals surface area contributed by atoms with Gasteiger partial charge in [-0.3, -0.25) is 4.90 Å². The average molecular weight is 290 g/mol. The topological polar surface area (TPSA) is 24.5 Å². The number of piperazine rings is 1. The van der Waals surface area contributed by atoms with Gasteiger partial charge in [0.25, 0.3) is 0 Å². The van der Waals surface area contributed by atoms with Crippen molar-refractivity contribution >= 4 is 0 Å². The fraction of sp³-hybridized carbons (Fsp3) is 0.667. The first-order valence-electron chi connectivity index (χ1n) is 8.13. The highest BCUT2D eigenvalue weighted by atomic mass is 16.5. The zero-order chi connectivity index (χ0) is 15.2. The number of methoxy groups -OCH3 is 1. The number of nitrogens with one attached hydrogen (secondary N) is 1. The Labute approximate surface area is 129 Å². The van der Waals surface area contributed by atoms with E-state index in [9.17, 15) is 0 Å². The van der Waals surface area contributed by atoms with Crippen LogP contribution in [0.15, 0.2) is 30.3 Å². The normalized spacial score (nSPS) is 25.2. The van der Waals surface area contributed by atoms with Crippen LogP contribution in [0.4, 0.5) is 0 Å². The largest absolute Gasteiger partial charge is 0.384 e. The van der Waals surface area contributed by atoms with Gasteiger partial charge in [0.2, 0.25) is 0 Å². The molecule has 0 bridgehead atoms. The summed E-state index contributed by atoms with van der Waals surface area (Å²) in [6, 6.07) is 11.9. The standard InChI is InChI=1S/C18H30N2O/c1-14(2)17-12-20(11-15(3)13-21-4)18(10-19-17)16-8-6-5-7-9-16/h5-9,14-15,17-19H,10-13H2,1-4H3. The Morgan fingerprint density at radius 2 is 1.95 bits per heavy atom. The van der Waals surface area contributed by atoms with Crippen LogP contribution in [0.5, 0.6) is 0 Å². The van der Waals surface area contributed by atoms with Crippen molar-refractivity contribution in [2.75, 3.05) is 33.4 Å². The molecule has 1 saturated heterocycles. The van der Waals surface area contributed by atoms with Gasteiger partial charge >= 0.3 is 0 Å². The van der Waals surface area contributed by atoms with Gasteiger partial charge in [-0.1, -0.05) is 51.1 Å². The Bertz CT molecular complexity index is 407. The van der Waals surface area contributed by atoms with E-state index in [4.69, 9.17) is 4.74 Å². The van der Waals surface area contributed by atoms with Gasteiger partial charge in [0.1, 0.15) is 0 Å². The van der Waals surface area contributed by atoms with Gasteiger partial charge in [0.05, 0.1) is 0 Å². The second-order valence-electron chi connectivity index (χ2n) is 6.70. The Morgan fingerprint density at radius 3 is 2.57 bits per heavy atom. The van der Waals surface area contributed by atoms with Gasteiger partial charge in [0, 0.05) is 45.4 Å². The lowest BCUT2D eigenvalue weighted by molar-refractivity contribution is 0.0721. The molecule has 21 heavy (non-hydrogen) atoms. The Kier molecular flexibility index (Phi) is 6.22. The lowest BCUT2D eigenvalue weighted by Gasteiger charge is -2.43. The second kappa shape index (κ2) is 7.92. The lowest BCUT2D eigenvalue weighted by Crippen LogP contribution is -2.55. The zero-order valence-corrected chi connectivity index (χ0v) is 13.9. The molecule has 1 aromatic rings. The molecule has 0 radical (unpaired) electrons. The van der Waals surface area contributed by atoms with Crippen LogP contribution in [0, 0.1) is 11.8 Å². The van der Waals surface area contributed by atoms with E-state index in [0.717, 1.165) is 26.2 Å². The van der Waals surface area contributed by atoms with E-state index in [2.05, 4.69) is 61.3 Å². The summed E-state index contributed by atoms with van der Waals surface area (Å²) >= 11 is 0. The Morgan fingerprint density at radius 1 is 1.24 bits per heavy atom. The summed E-state index contributed by atoms with van der Waals surface area (Å²) in [6.07, 6.45) is 0. The highest BCUT2D eigenvalue weighted by Crippen LogP contribution is 2.26. The molecule has 0 aromatic heterocycles. The molecule has 3 heteroatoms. The maximum absolute atomic E-state index is 5.32. The molecule has 1 aliphatic rings. The predicted molar refractivity (Wildman–Crippen MR) is 88.4 cm³/mol. The zero-order valence-electron chi connectivity index (χ0n) is 13.9. The molecular formula is C18H30N2O. The van der Waals surface area contributed by atoms with Crippen molar-refractivity contribution in [3.63, 3.8) is 0 Å². The maximum atomic E-state index is 5.32. The van der Waals surface area contributed by atoms with Crippen molar-refractivity contribution in [1.82, 2.24) is 10.2 Å². The summed E-state index contributed by atoms with van der Waals surface area (Å²) in [5, 5.41) is 3.73. The first kappa shape index (κ1) is 16.5. The highest BCUT2D eigenvalue weighted by Gasteiger charge is 2.30. The molecule has 3 atom stereocenters. The molecule has 1 heterocycles. The number of ether oxygens (including phenoxy) is 1. The molecule has 0 aliphatic carbocycles. The van der Waals surface area contributed by atoms with Gasteiger partial charge < -0.3 is 10.1 Å². The van der Waals surface area contributed by atoms with Crippen LogP contribution in [0.2, 0.25) is 0 Å². The van der Waals surface area contributed by atoms with E-state index in [0.29, 0.717) is 23.9 Å². The summed E-state index contributed by atoms with van der Waals surface area (Å²) in [7, 11) is 1.79. The van der Waals surface area contributed by atoms with Gasteiger partial charge in [-0.25, -0.2) is 0 Å². The minimum absolute atomic E-state index is 0.473. The van der Waals surface area contributed by atoms with Crippen LogP contribution in [0.25, 0.3) is 0 Å². The number of hydrogen-bond acceptors (Lipinski definition) is 3. The summed E-state index contributed by atoms with van der Waals surface area (Å²) < 4.78 is 5.32. The van der Waals surface area contributed by atoms with Crippen molar-refractivity contribution < 1.29 is 4.74 Å².